The second kappa shape index (κ2) is 7.36. The molecule has 2 aromatic rings. The first-order valence-corrected chi connectivity index (χ1v) is 9.12. The molecule has 9 heteroatoms. The van der Waals surface area contributed by atoms with E-state index in [4.69, 9.17) is 0 Å². The van der Waals surface area contributed by atoms with Gasteiger partial charge in [0.15, 0.2) is 0 Å². The number of nitrogens with one attached hydrogen (secondary N) is 2. The summed E-state index contributed by atoms with van der Waals surface area (Å²) in [5.41, 5.74) is -0.340. The summed E-state index contributed by atoms with van der Waals surface area (Å²) in [7, 11) is -4.48. The molecule has 0 saturated carbocycles. The first-order chi connectivity index (χ1) is 12.0. The van der Waals surface area contributed by atoms with Gasteiger partial charge in [0.25, 0.3) is 10.0 Å². The summed E-state index contributed by atoms with van der Waals surface area (Å²) < 4.78 is 66.5. The van der Waals surface area contributed by atoms with Crippen LogP contribution in [0.15, 0.2) is 47.4 Å². The highest BCUT2D eigenvalue weighted by Gasteiger charge is 2.37. The Balaban J connectivity index is 2.42. The lowest BCUT2D eigenvalue weighted by Crippen LogP contribution is -2.19. The van der Waals surface area contributed by atoms with Gasteiger partial charge in [-0.1, -0.05) is 25.1 Å². The summed E-state index contributed by atoms with van der Waals surface area (Å²) in [5, 5.41) is 2.57. The molecule has 0 bridgehead atoms. The van der Waals surface area contributed by atoms with Crippen molar-refractivity contribution in [1.29, 1.82) is 0 Å². The zero-order valence-corrected chi connectivity index (χ0v) is 14.8. The summed E-state index contributed by atoms with van der Waals surface area (Å²) in [6.07, 6.45) is -4.58. The number of sulfonamides is 1. The fourth-order valence-corrected chi connectivity index (χ4v) is 3.54. The highest BCUT2D eigenvalue weighted by molar-refractivity contribution is 7.92. The van der Waals surface area contributed by atoms with Gasteiger partial charge in [0.05, 0.1) is 16.1 Å². The van der Waals surface area contributed by atoms with Gasteiger partial charge in [0, 0.05) is 12.1 Å². The molecular weight excluding hydrogens is 369 g/mol. The van der Waals surface area contributed by atoms with Gasteiger partial charge in [-0.05, 0) is 36.8 Å². The van der Waals surface area contributed by atoms with Gasteiger partial charge in [-0.2, -0.15) is 13.2 Å². The van der Waals surface area contributed by atoms with Gasteiger partial charge in [-0.25, -0.2) is 8.42 Å². The molecule has 0 spiro atoms. The van der Waals surface area contributed by atoms with Crippen LogP contribution in [-0.4, -0.2) is 14.3 Å². The SMILES string of the molecule is CCC(=O)Nc1ccc(C)c(NS(=O)(=O)c2ccccc2C(F)(F)F)c1. The third kappa shape index (κ3) is 4.54. The van der Waals surface area contributed by atoms with Crippen LogP contribution in [0, 0.1) is 6.92 Å². The largest absolute Gasteiger partial charge is 0.417 e. The average Bonchev–Trinajstić information content (AvgIpc) is 2.57. The van der Waals surface area contributed by atoms with Gasteiger partial charge >= 0.3 is 6.18 Å². The second-order valence-corrected chi connectivity index (χ2v) is 7.18. The lowest BCUT2D eigenvalue weighted by Gasteiger charge is -2.16. The Morgan fingerprint density at radius 2 is 1.77 bits per heavy atom. The maximum atomic E-state index is 13.1. The summed E-state index contributed by atoms with van der Waals surface area (Å²) in [5.74, 6) is -0.273. The van der Waals surface area contributed by atoms with Crippen molar-refractivity contribution in [3.63, 3.8) is 0 Å². The summed E-state index contributed by atoms with van der Waals surface area (Å²) in [6.45, 7) is 3.25. The van der Waals surface area contributed by atoms with Crippen molar-refractivity contribution >= 4 is 27.3 Å². The molecular formula is C17H17F3N2O3S. The zero-order valence-electron chi connectivity index (χ0n) is 14.0. The van der Waals surface area contributed by atoms with Crippen LogP contribution in [0.1, 0.15) is 24.5 Å². The Kier molecular flexibility index (Phi) is 5.60. The van der Waals surface area contributed by atoms with Crippen LogP contribution >= 0.6 is 0 Å². The van der Waals surface area contributed by atoms with Crippen LogP contribution in [-0.2, 0) is 21.0 Å². The topological polar surface area (TPSA) is 75.3 Å². The van der Waals surface area contributed by atoms with Crippen LogP contribution in [0.5, 0.6) is 0 Å². The van der Waals surface area contributed by atoms with E-state index < -0.39 is 26.7 Å². The minimum Gasteiger partial charge on any atom is -0.326 e. The van der Waals surface area contributed by atoms with E-state index in [1.165, 1.54) is 12.1 Å². The fourth-order valence-electron chi connectivity index (χ4n) is 2.19. The number of carbonyl (C=O) groups is 1. The van der Waals surface area contributed by atoms with Gasteiger partial charge < -0.3 is 5.32 Å². The first-order valence-electron chi connectivity index (χ1n) is 7.64. The molecule has 0 saturated heterocycles. The lowest BCUT2D eigenvalue weighted by molar-refractivity contribution is -0.139. The van der Waals surface area contributed by atoms with Crippen LogP contribution in [0.3, 0.4) is 0 Å². The third-order valence-electron chi connectivity index (χ3n) is 3.57. The van der Waals surface area contributed by atoms with E-state index in [0.29, 0.717) is 17.3 Å². The summed E-state index contributed by atoms with van der Waals surface area (Å²) in [6, 6.07) is 8.42. The van der Waals surface area contributed by atoms with Crippen LogP contribution in [0.4, 0.5) is 24.5 Å². The summed E-state index contributed by atoms with van der Waals surface area (Å²) >= 11 is 0. The predicted octanol–water partition coefficient (Wildman–Crippen LogP) is 4.16. The van der Waals surface area contributed by atoms with Crippen LogP contribution < -0.4 is 10.0 Å². The van der Waals surface area contributed by atoms with Crippen molar-refractivity contribution in [3.8, 4) is 0 Å². The molecule has 0 aliphatic heterocycles. The highest BCUT2D eigenvalue weighted by Crippen LogP contribution is 2.35. The minimum absolute atomic E-state index is 0.0795. The standard InChI is InChI=1S/C17H17F3N2O3S/c1-3-16(23)21-12-9-8-11(2)14(10-12)22-26(24,25)15-7-5-4-6-13(15)17(18,19)20/h4-10,22H,3H2,1-2H3,(H,21,23). The van der Waals surface area contributed by atoms with E-state index in [1.54, 1.807) is 26.0 Å². The quantitative estimate of drug-likeness (QED) is 0.810. The van der Waals surface area contributed by atoms with Gasteiger partial charge in [-0.15, -0.1) is 0 Å². The number of aryl methyl sites for hydroxylation is 1. The molecule has 140 valence electrons. The normalized spacial score (nSPS) is 11.9. The van der Waals surface area contributed by atoms with E-state index in [1.807, 2.05) is 0 Å². The third-order valence-corrected chi connectivity index (χ3v) is 4.99. The number of anilines is 2. The predicted molar refractivity (Wildman–Crippen MR) is 92.4 cm³/mol. The van der Waals surface area contributed by atoms with E-state index >= 15 is 0 Å². The minimum atomic E-state index is -4.81. The average molecular weight is 386 g/mol. The Labute approximate surface area is 149 Å². The molecule has 0 aliphatic rings. The lowest BCUT2D eigenvalue weighted by atomic mass is 10.2. The molecule has 2 rings (SSSR count). The molecule has 0 heterocycles. The zero-order chi connectivity index (χ0) is 19.5. The maximum absolute atomic E-state index is 13.1. The van der Waals surface area contributed by atoms with Crippen molar-refractivity contribution in [2.24, 2.45) is 0 Å². The van der Waals surface area contributed by atoms with Crippen molar-refractivity contribution in [3.05, 3.63) is 53.6 Å². The number of alkyl halides is 3. The molecule has 26 heavy (non-hydrogen) atoms. The first kappa shape index (κ1) is 19.8. The molecule has 0 aliphatic carbocycles. The van der Waals surface area contributed by atoms with Gasteiger partial charge in [0.2, 0.25) is 5.91 Å². The van der Waals surface area contributed by atoms with Crippen LogP contribution in [0.2, 0.25) is 0 Å². The van der Waals surface area contributed by atoms with Crippen molar-refractivity contribution in [2.45, 2.75) is 31.3 Å². The van der Waals surface area contributed by atoms with Gasteiger partial charge in [-0.3, -0.25) is 9.52 Å². The molecule has 2 aromatic carbocycles. The van der Waals surface area contributed by atoms with Gasteiger partial charge in [0.1, 0.15) is 0 Å². The molecule has 0 radical (unpaired) electrons. The highest BCUT2D eigenvalue weighted by atomic mass is 32.2. The molecule has 5 nitrogen and oxygen atoms in total. The number of benzene rings is 2. The molecule has 0 unspecified atom stereocenters. The number of carbonyl (C=O) groups excluding carboxylic acids is 1. The van der Waals surface area contributed by atoms with Crippen molar-refractivity contribution in [2.75, 3.05) is 10.0 Å². The van der Waals surface area contributed by atoms with Crippen LogP contribution in [0.25, 0.3) is 0 Å². The summed E-state index contributed by atoms with van der Waals surface area (Å²) in [4.78, 5) is 10.6. The van der Waals surface area contributed by atoms with Crippen molar-refractivity contribution in [1.82, 2.24) is 0 Å². The second-order valence-electron chi connectivity index (χ2n) is 5.53. The number of rotatable bonds is 5. The molecule has 0 atom stereocenters. The molecule has 2 N–H and O–H groups in total. The monoisotopic (exact) mass is 386 g/mol. The molecule has 0 aromatic heterocycles. The Morgan fingerprint density at radius 1 is 1.12 bits per heavy atom. The van der Waals surface area contributed by atoms with E-state index in [-0.39, 0.29) is 18.0 Å². The number of amides is 1. The van der Waals surface area contributed by atoms with E-state index in [9.17, 15) is 26.4 Å². The van der Waals surface area contributed by atoms with E-state index in [2.05, 4.69) is 10.0 Å². The van der Waals surface area contributed by atoms with Crippen molar-refractivity contribution < 1.29 is 26.4 Å². The maximum Gasteiger partial charge on any atom is 0.417 e. The number of hydrogen-bond donors (Lipinski definition) is 2. The molecule has 0 fully saturated rings. The molecule has 1 amide bonds. The Bertz CT molecular complexity index is 925. The Morgan fingerprint density at radius 3 is 2.38 bits per heavy atom. The number of hydrogen-bond acceptors (Lipinski definition) is 3. The number of halogens is 3. The smallest absolute Gasteiger partial charge is 0.326 e. The van der Waals surface area contributed by atoms with E-state index in [0.717, 1.165) is 12.1 Å². The fraction of sp³-hybridized carbons (Fsp3) is 0.235. The Hall–Kier alpha value is -2.55.